The van der Waals surface area contributed by atoms with Gasteiger partial charge in [0.2, 0.25) is 11.8 Å². The van der Waals surface area contributed by atoms with Gasteiger partial charge in [-0.15, -0.1) is 0 Å². The van der Waals surface area contributed by atoms with E-state index in [-0.39, 0.29) is 49.0 Å². The van der Waals surface area contributed by atoms with Crippen LogP contribution in [0.5, 0.6) is 5.75 Å². The second kappa shape index (κ2) is 11.8. The highest BCUT2D eigenvalue weighted by Crippen LogP contribution is 2.27. The van der Waals surface area contributed by atoms with Crippen LogP contribution in [0.2, 0.25) is 0 Å². The van der Waals surface area contributed by atoms with Crippen molar-refractivity contribution >= 4 is 23.4 Å². The Kier molecular flexibility index (Phi) is 9.46. The van der Waals surface area contributed by atoms with Gasteiger partial charge in [-0.2, -0.15) is 0 Å². The topological polar surface area (TPSA) is 97.4 Å². The summed E-state index contributed by atoms with van der Waals surface area (Å²) in [5.74, 6) is -0.126. The van der Waals surface area contributed by atoms with Gasteiger partial charge in [0.1, 0.15) is 19.0 Å². The fourth-order valence-electron chi connectivity index (χ4n) is 3.73. The summed E-state index contributed by atoms with van der Waals surface area (Å²) < 4.78 is 16.6. The van der Waals surface area contributed by atoms with Crippen LogP contribution >= 0.6 is 0 Å². The van der Waals surface area contributed by atoms with Gasteiger partial charge in [-0.25, -0.2) is 0 Å². The number of nitrogens with one attached hydrogen (secondary N) is 1. The van der Waals surface area contributed by atoms with Crippen LogP contribution in [0.4, 0.5) is 5.69 Å². The molecule has 0 saturated heterocycles. The highest BCUT2D eigenvalue weighted by molar-refractivity contribution is 5.98. The minimum atomic E-state index is -0.311. The van der Waals surface area contributed by atoms with Gasteiger partial charge in [0.15, 0.2) is 0 Å². The summed E-state index contributed by atoms with van der Waals surface area (Å²) in [6.07, 6.45) is 0.152. The summed E-state index contributed by atoms with van der Waals surface area (Å²) in [6.45, 7) is 6.76. The Morgan fingerprint density at radius 3 is 2.56 bits per heavy atom. The third kappa shape index (κ3) is 6.43. The van der Waals surface area contributed by atoms with Crippen LogP contribution in [0.1, 0.15) is 37.6 Å². The van der Waals surface area contributed by atoms with Gasteiger partial charge in [-0.05, 0) is 19.1 Å². The monoisotopic (exact) mass is 449 g/mol. The van der Waals surface area contributed by atoms with E-state index in [0.29, 0.717) is 36.5 Å². The predicted octanol–water partition coefficient (Wildman–Crippen LogP) is 2.01. The molecule has 0 aromatic heterocycles. The number of benzene rings is 1. The van der Waals surface area contributed by atoms with E-state index in [1.165, 1.54) is 7.11 Å². The normalized spacial score (nSPS) is 22.3. The predicted molar refractivity (Wildman–Crippen MR) is 121 cm³/mol. The number of ether oxygens (including phenoxy) is 3. The SMILES string of the molecule is CCC(=O)N1C[C@H](C)[C@H](OC)CN(C)C(=O)c2ccc(NC(=O)COC)cc2OC[C@@H]1C. The summed E-state index contributed by atoms with van der Waals surface area (Å²) in [4.78, 5) is 41.1. The van der Waals surface area contributed by atoms with E-state index in [1.807, 2.05) is 25.7 Å². The van der Waals surface area contributed by atoms with E-state index in [1.54, 1.807) is 37.3 Å². The Morgan fingerprint density at radius 2 is 1.94 bits per heavy atom. The largest absolute Gasteiger partial charge is 0.491 e. The minimum absolute atomic E-state index is 0.0190. The summed E-state index contributed by atoms with van der Waals surface area (Å²) in [5.41, 5.74) is 0.867. The van der Waals surface area contributed by atoms with E-state index >= 15 is 0 Å². The highest BCUT2D eigenvalue weighted by Gasteiger charge is 2.29. The van der Waals surface area contributed by atoms with Crippen LogP contribution in [0.3, 0.4) is 0 Å². The molecule has 0 bridgehead atoms. The Bertz CT molecular complexity index is 815. The number of carbonyl (C=O) groups is 3. The van der Waals surface area contributed by atoms with E-state index in [2.05, 4.69) is 5.32 Å². The molecule has 0 spiro atoms. The Labute approximate surface area is 190 Å². The zero-order valence-electron chi connectivity index (χ0n) is 19.8. The lowest BCUT2D eigenvalue weighted by atomic mass is 10.0. The van der Waals surface area contributed by atoms with Gasteiger partial charge in [0.05, 0.1) is 17.7 Å². The standard InChI is InChI=1S/C23H35N3O6/c1-7-22(28)26-11-15(2)20(31-6)12-25(4)23(29)18-9-8-17(24-21(27)14-30-5)10-19(18)32-13-16(26)3/h8-10,15-16,20H,7,11-14H2,1-6H3,(H,24,27)/t15-,16-,20+/m0/s1. The first kappa shape index (κ1) is 25.6. The van der Waals surface area contributed by atoms with Gasteiger partial charge in [-0.3, -0.25) is 14.4 Å². The van der Waals surface area contributed by atoms with Gasteiger partial charge < -0.3 is 29.3 Å². The molecular weight excluding hydrogens is 414 g/mol. The molecule has 32 heavy (non-hydrogen) atoms. The molecule has 1 aliphatic heterocycles. The molecule has 0 aliphatic carbocycles. The molecule has 9 nitrogen and oxygen atoms in total. The molecule has 3 atom stereocenters. The average Bonchev–Trinajstić information content (AvgIpc) is 2.77. The smallest absolute Gasteiger partial charge is 0.257 e. The third-order valence-electron chi connectivity index (χ3n) is 5.63. The van der Waals surface area contributed by atoms with Gasteiger partial charge in [0, 0.05) is 58.4 Å². The molecule has 9 heteroatoms. The number of hydrogen-bond acceptors (Lipinski definition) is 6. The summed E-state index contributed by atoms with van der Waals surface area (Å²) >= 11 is 0. The minimum Gasteiger partial charge on any atom is -0.491 e. The summed E-state index contributed by atoms with van der Waals surface area (Å²) in [6, 6.07) is 4.69. The molecule has 178 valence electrons. The fourth-order valence-corrected chi connectivity index (χ4v) is 3.73. The first-order valence-electron chi connectivity index (χ1n) is 10.8. The van der Waals surface area contributed by atoms with Crippen LogP contribution in [-0.2, 0) is 19.1 Å². The van der Waals surface area contributed by atoms with Crippen molar-refractivity contribution in [3.63, 3.8) is 0 Å². The van der Waals surface area contributed by atoms with Crippen molar-refractivity contribution in [3.05, 3.63) is 23.8 Å². The Hall–Kier alpha value is -2.65. The van der Waals surface area contributed by atoms with Gasteiger partial charge in [-0.1, -0.05) is 13.8 Å². The summed E-state index contributed by atoms with van der Waals surface area (Å²) in [5, 5.41) is 2.72. The number of amides is 3. The number of fused-ring (bicyclic) bond motifs is 1. The van der Waals surface area contributed by atoms with E-state index < -0.39 is 0 Å². The second-order valence-electron chi connectivity index (χ2n) is 8.19. The number of hydrogen-bond donors (Lipinski definition) is 1. The van der Waals surface area contributed by atoms with Crippen LogP contribution in [0.15, 0.2) is 18.2 Å². The fraction of sp³-hybridized carbons (Fsp3) is 0.609. The molecule has 1 aromatic rings. The molecule has 3 amide bonds. The van der Waals surface area contributed by atoms with Crippen LogP contribution in [0.25, 0.3) is 0 Å². The lowest BCUT2D eigenvalue weighted by Gasteiger charge is -2.36. The highest BCUT2D eigenvalue weighted by atomic mass is 16.5. The molecule has 0 fully saturated rings. The maximum absolute atomic E-state index is 13.2. The van der Waals surface area contributed by atoms with Crippen molar-refractivity contribution in [1.82, 2.24) is 9.80 Å². The first-order valence-corrected chi connectivity index (χ1v) is 10.8. The second-order valence-corrected chi connectivity index (χ2v) is 8.19. The van der Waals surface area contributed by atoms with E-state index in [0.717, 1.165) is 0 Å². The van der Waals surface area contributed by atoms with Crippen molar-refractivity contribution in [3.8, 4) is 5.75 Å². The number of likely N-dealkylation sites (N-methyl/N-ethyl adjacent to an activating group) is 1. The van der Waals surface area contributed by atoms with Crippen LogP contribution in [-0.4, -0.2) is 87.2 Å². The van der Waals surface area contributed by atoms with Crippen molar-refractivity contribution in [2.75, 3.05) is 52.9 Å². The van der Waals surface area contributed by atoms with Crippen molar-refractivity contribution < 1.29 is 28.6 Å². The molecule has 0 saturated carbocycles. The Morgan fingerprint density at radius 1 is 1.22 bits per heavy atom. The van der Waals surface area contributed by atoms with E-state index in [4.69, 9.17) is 14.2 Å². The van der Waals surface area contributed by atoms with Crippen molar-refractivity contribution in [2.24, 2.45) is 5.92 Å². The molecule has 0 radical (unpaired) electrons. The van der Waals surface area contributed by atoms with Crippen LogP contribution < -0.4 is 10.1 Å². The molecule has 0 unspecified atom stereocenters. The number of rotatable bonds is 5. The van der Waals surface area contributed by atoms with E-state index in [9.17, 15) is 14.4 Å². The maximum atomic E-state index is 13.2. The molecule has 1 aromatic carbocycles. The Balaban J connectivity index is 2.42. The molecule has 2 rings (SSSR count). The molecule has 1 aliphatic rings. The molecular formula is C23H35N3O6. The zero-order chi connectivity index (χ0) is 23.8. The first-order chi connectivity index (χ1) is 15.2. The van der Waals surface area contributed by atoms with Gasteiger partial charge in [0.25, 0.3) is 5.91 Å². The average molecular weight is 450 g/mol. The maximum Gasteiger partial charge on any atom is 0.257 e. The molecule has 1 N–H and O–H groups in total. The van der Waals surface area contributed by atoms with Crippen molar-refractivity contribution in [1.29, 1.82) is 0 Å². The van der Waals surface area contributed by atoms with Gasteiger partial charge >= 0.3 is 0 Å². The van der Waals surface area contributed by atoms with Crippen molar-refractivity contribution in [2.45, 2.75) is 39.3 Å². The number of carbonyl (C=O) groups excluding carboxylic acids is 3. The number of methoxy groups -OCH3 is 2. The summed E-state index contributed by atoms with van der Waals surface area (Å²) in [7, 11) is 4.77. The lowest BCUT2D eigenvalue weighted by molar-refractivity contribution is -0.135. The zero-order valence-corrected chi connectivity index (χ0v) is 19.8. The lowest BCUT2D eigenvalue weighted by Crippen LogP contribution is -2.48. The third-order valence-corrected chi connectivity index (χ3v) is 5.63. The molecule has 1 heterocycles. The number of nitrogens with zero attached hydrogens (tertiary/aromatic N) is 2. The number of anilines is 1. The van der Waals surface area contributed by atoms with Crippen LogP contribution in [0, 0.1) is 5.92 Å². The quantitative estimate of drug-likeness (QED) is 0.739.